The molecule has 0 bridgehead atoms. The lowest BCUT2D eigenvalue weighted by molar-refractivity contribution is 0.0572. The Morgan fingerprint density at radius 3 is 2.28 bits per heavy atom. The van der Waals surface area contributed by atoms with Crippen molar-refractivity contribution >= 4 is 27.6 Å². The Kier molecular flexibility index (Phi) is 5.04. The summed E-state index contributed by atoms with van der Waals surface area (Å²) < 4.78 is 5.53. The molecular formula is C26H24N2O4. The maximum Gasteiger partial charge on any atom is 0.254 e. The quantitative estimate of drug-likeness (QED) is 0.522. The number of aliphatic hydroxyl groups excluding tert-OH is 2. The number of aliphatic hydroxyl groups is 2. The van der Waals surface area contributed by atoms with Gasteiger partial charge in [-0.1, -0.05) is 36.4 Å². The Labute approximate surface area is 185 Å². The molecule has 2 heterocycles. The summed E-state index contributed by atoms with van der Waals surface area (Å²) in [6.07, 6.45) is -1.82. The first kappa shape index (κ1) is 20.4. The summed E-state index contributed by atoms with van der Waals surface area (Å²) in [7, 11) is 1.64. The van der Waals surface area contributed by atoms with E-state index in [-0.39, 0.29) is 19.0 Å². The number of β-amino-alcohol motifs (C(OH)–C–C–N with tert-alkyl or cyclic N) is 2. The third kappa shape index (κ3) is 3.28. The minimum absolute atomic E-state index is 0.129. The summed E-state index contributed by atoms with van der Waals surface area (Å²) in [5.74, 6) is 0.523. The third-order valence-electron chi connectivity index (χ3n) is 6.17. The van der Waals surface area contributed by atoms with Gasteiger partial charge in [0.15, 0.2) is 0 Å². The van der Waals surface area contributed by atoms with Gasteiger partial charge >= 0.3 is 0 Å². The van der Waals surface area contributed by atoms with Crippen LogP contribution in [0.4, 0.5) is 0 Å². The van der Waals surface area contributed by atoms with Crippen molar-refractivity contribution in [3.63, 3.8) is 0 Å². The summed E-state index contributed by atoms with van der Waals surface area (Å²) >= 11 is 0. The van der Waals surface area contributed by atoms with Crippen molar-refractivity contribution in [3.8, 4) is 16.9 Å². The number of rotatable bonds is 3. The van der Waals surface area contributed by atoms with Crippen molar-refractivity contribution in [2.75, 3.05) is 20.2 Å². The molecule has 6 nitrogen and oxygen atoms in total. The second-order valence-corrected chi connectivity index (χ2v) is 8.22. The van der Waals surface area contributed by atoms with Gasteiger partial charge in [0.05, 0.1) is 19.3 Å². The van der Waals surface area contributed by atoms with Crippen LogP contribution in [0.15, 0.2) is 60.7 Å². The molecule has 1 aromatic heterocycles. The fourth-order valence-corrected chi connectivity index (χ4v) is 4.52. The number of fused-ring (bicyclic) bond motifs is 2. The van der Waals surface area contributed by atoms with E-state index in [1.807, 2.05) is 61.5 Å². The normalized spacial score (nSPS) is 18.4. The molecular weight excluding hydrogens is 404 g/mol. The summed E-state index contributed by atoms with van der Waals surface area (Å²) in [6.45, 7) is 2.21. The number of methoxy groups -OCH3 is 1. The number of likely N-dealkylation sites (tertiary alicyclic amines) is 1. The number of carbonyl (C=O) groups is 1. The largest absolute Gasteiger partial charge is 0.494 e. The molecule has 162 valence electrons. The Balaban J connectivity index is 1.68. The number of carbonyl (C=O) groups excluding carboxylic acids is 1. The molecule has 3 aromatic carbocycles. The van der Waals surface area contributed by atoms with E-state index in [0.29, 0.717) is 5.56 Å². The van der Waals surface area contributed by atoms with Crippen molar-refractivity contribution in [2.24, 2.45) is 0 Å². The number of nitrogens with zero attached hydrogens (tertiary/aromatic N) is 2. The average Bonchev–Trinajstić information content (AvgIpc) is 3.15. The molecule has 4 aromatic rings. The summed E-state index contributed by atoms with van der Waals surface area (Å²) in [5.41, 5.74) is 4.27. The number of hydrogen-bond acceptors (Lipinski definition) is 5. The highest BCUT2D eigenvalue weighted by atomic mass is 16.5. The number of hydrogen-bond donors (Lipinski definition) is 2. The first-order chi connectivity index (χ1) is 15.5. The first-order valence-electron chi connectivity index (χ1n) is 10.6. The zero-order valence-electron chi connectivity index (χ0n) is 17.9. The monoisotopic (exact) mass is 428 g/mol. The van der Waals surface area contributed by atoms with Crippen molar-refractivity contribution in [2.45, 2.75) is 19.1 Å². The highest BCUT2D eigenvalue weighted by molar-refractivity contribution is 6.13. The number of aryl methyl sites for hydroxylation is 1. The molecule has 0 radical (unpaired) electrons. The molecule has 6 heteroatoms. The number of ether oxygens (including phenoxy) is 1. The van der Waals surface area contributed by atoms with Gasteiger partial charge in [0, 0.05) is 29.7 Å². The zero-order chi connectivity index (χ0) is 22.4. The summed E-state index contributed by atoms with van der Waals surface area (Å²) in [6, 6.07) is 19.6. The van der Waals surface area contributed by atoms with Crippen molar-refractivity contribution in [1.29, 1.82) is 0 Å². The molecule has 1 aliphatic rings. The Bertz CT molecular complexity index is 1340. The smallest absolute Gasteiger partial charge is 0.254 e. The molecule has 32 heavy (non-hydrogen) atoms. The molecule has 1 fully saturated rings. The fraction of sp³-hybridized carbons (Fsp3) is 0.231. The summed E-state index contributed by atoms with van der Waals surface area (Å²) in [4.78, 5) is 19.4. The predicted molar refractivity (Wildman–Crippen MR) is 124 cm³/mol. The molecule has 5 rings (SSSR count). The van der Waals surface area contributed by atoms with Gasteiger partial charge in [-0.25, -0.2) is 4.98 Å². The highest BCUT2D eigenvalue weighted by Crippen LogP contribution is 2.38. The average molecular weight is 428 g/mol. The fourth-order valence-electron chi connectivity index (χ4n) is 4.52. The second-order valence-electron chi connectivity index (χ2n) is 8.22. The van der Waals surface area contributed by atoms with E-state index in [1.165, 1.54) is 4.90 Å². The molecule has 1 aliphatic heterocycles. The van der Waals surface area contributed by atoms with Crippen LogP contribution in [-0.2, 0) is 0 Å². The van der Waals surface area contributed by atoms with Crippen molar-refractivity contribution in [3.05, 3.63) is 71.9 Å². The molecule has 0 spiro atoms. The molecule has 1 amide bonds. The Hall–Kier alpha value is -3.48. The maximum absolute atomic E-state index is 13.2. The van der Waals surface area contributed by atoms with Gasteiger partial charge in [0.1, 0.15) is 11.3 Å². The lowest BCUT2D eigenvalue weighted by Gasteiger charge is -2.18. The third-order valence-corrected chi connectivity index (χ3v) is 6.17. The Morgan fingerprint density at radius 2 is 1.56 bits per heavy atom. The van der Waals surface area contributed by atoms with Gasteiger partial charge in [-0.05, 0) is 53.1 Å². The molecule has 0 unspecified atom stereocenters. The number of aromatic nitrogens is 1. The van der Waals surface area contributed by atoms with Gasteiger partial charge in [-0.3, -0.25) is 4.79 Å². The maximum atomic E-state index is 13.2. The van der Waals surface area contributed by atoms with Gasteiger partial charge in [-0.2, -0.15) is 0 Å². The summed E-state index contributed by atoms with van der Waals surface area (Å²) in [5, 5.41) is 22.5. The van der Waals surface area contributed by atoms with Crippen LogP contribution >= 0.6 is 0 Å². The van der Waals surface area contributed by atoms with E-state index in [1.54, 1.807) is 7.11 Å². The second kappa shape index (κ2) is 7.89. The van der Waals surface area contributed by atoms with E-state index in [0.717, 1.165) is 44.2 Å². The SMILES string of the molecule is COc1ccc(-c2ccc(C(=O)N3C[C@@H](O)[C@H](O)C3)c3ccccc23)c2ccc(C)nc12. The van der Waals surface area contributed by atoms with Crippen molar-refractivity contribution < 1.29 is 19.7 Å². The van der Waals surface area contributed by atoms with Gasteiger partial charge in [0.2, 0.25) is 0 Å². The van der Waals surface area contributed by atoms with Crippen LogP contribution in [0.2, 0.25) is 0 Å². The molecule has 2 N–H and O–H groups in total. The molecule has 1 saturated heterocycles. The lowest BCUT2D eigenvalue weighted by Crippen LogP contribution is -2.30. The van der Waals surface area contributed by atoms with E-state index < -0.39 is 12.2 Å². The van der Waals surface area contributed by atoms with Gasteiger partial charge < -0.3 is 19.8 Å². The van der Waals surface area contributed by atoms with Crippen LogP contribution in [-0.4, -0.2) is 58.4 Å². The lowest BCUT2D eigenvalue weighted by atomic mass is 9.92. The predicted octanol–water partition coefficient (Wildman–Crippen LogP) is 3.55. The first-order valence-corrected chi connectivity index (χ1v) is 10.6. The van der Waals surface area contributed by atoms with Crippen LogP contribution < -0.4 is 4.74 Å². The highest BCUT2D eigenvalue weighted by Gasteiger charge is 2.33. The van der Waals surface area contributed by atoms with Gasteiger partial charge in [-0.15, -0.1) is 0 Å². The van der Waals surface area contributed by atoms with Crippen molar-refractivity contribution in [1.82, 2.24) is 9.88 Å². The van der Waals surface area contributed by atoms with E-state index in [4.69, 9.17) is 9.72 Å². The molecule has 0 saturated carbocycles. The minimum Gasteiger partial charge on any atom is -0.494 e. The van der Waals surface area contributed by atoms with E-state index >= 15 is 0 Å². The van der Waals surface area contributed by atoms with Crippen LogP contribution in [0.3, 0.4) is 0 Å². The number of amides is 1. The van der Waals surface area contributed by atoms with Crippen LogP contribution in [0.5, 0.6) is 5.75 Å². The van der Waals surface area contributed by atoms with Crippen LogP contribution in [0.1, 0.15) is 16.1 Å². The number of benzene rings is 3. The van der Waals surface area contributed by atoms with E-state index in [9.17, 15) is 15.0 Å². The van der Waals surface area contributed by atoms with Crippen LogP contribution in [0.25, 0.3) is 32.8 Å². The molecule has 0 aliphatic carbocycles. The zero-order valence-corrected chi connectivity index (χ0v) is 17.9. The minimum atomic E-state index is -0.911. The number of pyridine rings is 1. The molecule has 2 atom stereocenters. The van der Waals surface area contributed by atoms with E-state index in [2.05, 4.69) is 6.07 Å². The Morgan fingerprint density at radius 1 is 0.906 bits per heavy atom. The topological polar surface area (TPSA) is 82.9 Å². The standard InChI is InChI=1S/C26H24N2O4/c1-15-7-8-20-19(11-12-24(32-2)25(20)27-15)18-9-10-21(17-6-4-3-5-16(17)18)26(31)28-13-22(29)23(30)14-28/h3-12,22-23,29-30H,13-14H2,1-2H3/t22-,23-/m1/s1. The van der Waals surface area contributed by atoms with Gasteiger partial charge in [0.25, 0.3) is 5.91 Å². The van der Waals surface area contributed by atoms with Crippen LogP contribution in [0, 0.1) is 6.92 Å².